The number of anilines is 1. The van der Waals surface area contributed by atoms with Crippen LogP contribution >= 0.6 is 22.9 Å². The van der Waals surface area contributed by atoms with Gasteiger partial charge in [-0.05, 0) is 41.3 Å². The lowest BCUT2D eigenvalue weighted by Crippen LogP contribution is -2.55. The van der Waals surface area contributed by atoms with Crippen LogP contribution in [0.15, 0.2) is 61.3 Å². The van der Waals surface area contributed by atoms with E-state index in [1.54, 1.807) is 6.07 Å². The Balaban J connectivity index is 1.34. The molecule has 0 aliphatic carbocycles. The Morgan fingerprint density at radius 1 is 1.19 bits per heavy atom. The molecule has 36 heavy (non-hydrogen) atoms. The van der Waals surface area contributed by atoms with Crippen molar-refractivity contribution in [2.24, 2.45) is 0 Å². The highest BCUT2D eigenvalue weighted by Gasteiger charge is 2.38. The summed E-state index contributed by atoms with van der Waals surface area (Å²) in [4.78, 5) is 23.2. The fourth-order valence-corrected chi connectivity index (χ4v) is 7.94. The molecule has 8 nitrogen and oxygen atoms in total. The summed E-state index contributed by atoms with van der Waals surface area (Å²) in [6, 6.07) is 12.4. The maximum absolute atomic E-state index is 13.6. The summed E-state index contributed by atoms with van der Waals surface area (Å²) < 4.78 is 29.6. The van der Waals surface area contributed by atoms with Gasteiger partial charge in [0.05, 0.1) is 23.3 Å². The van der Waals surface area contributed by atoms with E-state index in [1.165, 1.54) is 27.9 Å². The molecule has 5 rings (SSSR count). The van der Waals surface area contributed by atoms with Crippen LogP contribution in [0.2, 0.25) is 5.02 Å². The molecule has 0 spiro atoms. The van der Waals surface area contributed by atoms with Crippen molar-refractivity contribution in [2.75, 3.05) is 25.4 Å². The van der Waals surface area contributed by atoms with Crippen molar-refractivity contribution < 1.29 is 13.2 Å². The maximum atomic E-state index is 13.6. The number of thiophene rings is 1. The molecule has 3 heterocycles. The van der Waals surface area contributed by atoms with Crippen LogP contribution in [-0.4, -0.2) is 59.6 Å². The molecule has 0 bridgehead atoms. The molecule has 0 radical (unpaired) electrons. The standard InChI is InChI=1S/C25H24ClN5O3S2/c1-2-24(23-10-17-4-5-18(26)11-22(17)35-23)36(33,34)31-8-7-30(19(14-31)15-32)13-16-3-6-20-21(9-16)28-12-25(27)29-20/h2-6,9-12,15,19,24H,1,7-8,13-14H2,(H2,27,29). The number of nitrogens with two attached hydrogens (primary N) is 1. The molecule has 0 saturated carbocycles. The first-order chi connectivity index (χ1) is 17.3. The smallest absolute Gasteiger partial charge is 0.225 e. The van der Waals surface area contributed by atoms with E-state index >= 15 is 0 Å². The summed E-state index contributed by atoms with van der Waals surface area (Å²) in [7, 11) is -3.78. The summed E-state index contributed by atoms with van der Waals surface area (Å²) in [5.74, 6) is 0.353. The number of aromatic nitrogens is 2. The van der Waals surface area contributed by atoms with Crippen LogP contribution in [0.4, 0.5) is 5.82 Å². The molecule has 1 fully saturated rings. The lowest BCUT2D eigenvalue weighted by molar-refractivity contribution is -0.114. The van der Waals surface area contributed by atoms with Crippen molar-refractivity contribution in [2.45, 2.75) is 17.8 Å². The first-order valence-electron chi connectivity index (χ1n) is 11.3. The van der Waals surface area contributed by atoms with Crippen LogP contribution in [0.3, 0.4) is 0 Å². The zero-order valence-corrected chi connectivity index (χ0v) is 21.6. The first-order valence-corrected chi connectivity index (χ1v) is 14.0. The van der Waals surface area contributed by atoms with Gasteiger partial charge < -0.3 is 10.5 Å². The van der Waals surface area contributed by atoms with Crippen molar-refractivity contribution in [1.82, 2.24) is 19.2 Å². The van der Waals surface area contributed by atoms with Crippen LogP contribution in [0.1, 0.15) is 15.7 Å². The largest absolute Gasteiger partial charge is 0.382 e. The highest BCUT2D eigenvalue weighted by Crippen LogP contribution is 2.37. The molecular weight excluding hydrogens is 518 g/mol. The number of carbonyl (C=O) groups is 1. The number of hydrogen-bond acceptors (Lipinski definition) is 8. The molecule has 1 aliphatic heterocycles. The third-order valence-corrected chi connectivity index (χ3v) is 10.0. The third-order valence-electron chi connectivity index (χ3n) is 6.34. The predicted octanol–water partition coefficient (Wildman–Crippen LogP) is 4.02. The van der Waals surface area contributed by atoms with E-state index in [0.717, 1.165) is 21.9 Å². The van der Waals surface area contributed by atoms with E-state index in [-0.39, 0.29) is 13.1 Å². The second-order valence-corrected chi connectivity index (χ2v) is 12.3. The third kappa shape index (κ3) is 4.74. The normalized spacial score (nSPS) is 18.4. The monoisotopic (exact) mass is 541 g/mol. The highest BCUT2D eigenvalue weighted by molar-refractivity contribution is 7.89. The van der Waals surface area contributed by atoms with Gasteiger partial charge in [-0.15, -0.1) is 17.9 Å². The van der Waals surface area contributed by atoms with E-state index < -0.39 is 21.3 Å². The average Bonchev–Trinajstić information content (AvgIpc) is 3.27. The molecule has 2 unspecified atom stereocenters. The number of carbonyl (C=O) groups excluding carboxylic acids is 1. The summed E-state index contributed by atoms with van der Waals surface area (Å²) in [6.45, 7) is 5.06. The zero-order valence-electron chi connectivity index (χ0n) is 19.2. The van der Waals surface area contributed by atoms with E-state index in [1.807, 2.05) is 41.3 Å². The quantitative estimate of drug-likeness (QED) is 0.278. The molecule has 1 saturated heterocycles. The Morgan fingerprint density at radius 2 is 2.03 bits per heavy atom. The van der Waals surface area contributed by atoms with E-state index in [9.17, 15) is 13.2 Å². The SMILES string of the molecule is C=CC(c1cc2ccc(Cl)cc2s1)S(=O)(=O)N1CCN(Cc2ccc3nc(N)cnc3c2)C(C=O)C1. The number of hydrogen-bond donors (Lipinski definition) is 1. The Labute approximate surface area is 218 Å². The van der Waals surface area contributed by atoms with Crippen LogP contribution in [0, 0.1) is 0 Å². The van der Waals surface area contributed by atoms with E-state index in [4.69, 9.17) is 17.3 Å². The van der Waals surface area contributed by atoms with Gasteiger partial charge in [0.2, 0.25) is 10.0 Å². The lowest BCUT2D eigenvalue weighted by atomic mass is 10.1. The number of nitrogen functional groups attached to an aromatic ring is 1. The summed E-state index contributed by atoms with van der Waals surface area (Å²) in [5.41, 5.74) is 8.07. The van der Waals surface area contributed by atoms with Gasteiger partial charge in [-0.25, -0.2) is 13.4 Å². The van der Waals surface area contributed by atoms with E-state index in [2.05, 4.69) is 16.5 Å². The molecule has 0 amide bonds. The highest BCUT2D eigenvalue weighted by atomic mass is 35.5. The Kier molecular flexibility index (Phi) is 6.80. The maximum Gasteiger partial charge on any atom is 0.225 e. The van der Waals surface area contributed by atoms with Crippen molar-refractivity contribution >= 4 is 66.2 Å². The molecule has 186 valence electrons. The van der Waals surface area contributed by atoms with Gasteiger partial charge in [0, 0.05) is 40.8 Å². The molecule has 4 aromatic rings. The van der Waals surface area contributed by atoms with Gasteiger partial charge in [0.25, 0.3) is 0 Å². The fourth-order valence-electron chi connectivity index (χ4n) is 4.49. The molecule has 2 N–H and O–H groups in total. The second-order valence-electron chi connectivity index (χ2n) is 8.68. The lowest BCUT2D eigenvalue weighted by Gasteiger charge is -2.39. The number of sulfonamides is 1. The molecule has 11 heteroatoms. The second kappa shape index (κ2) is 9.87. The average molecular weight is 542 g/mol. The number of piperazine rings is 1. The summed E-state index contributed by atoms with van der Waals surface area (Å²) in [5, 5.41) is 0.625. The Morgan fingerprint density at radius 3 is 2.81 bits per heavy atom. The first kappa shape index (κ1) is 24.8. The molecule has 2 atom stereocenters. The summed E-state index contributed by atoms with van der Waals surface area (Å²) >= 11 is 7.49. The fraction of sp³-hybridized carbons (Fsp3) is 0.240. The van der Waals surface area contributed by atoms with Crippen molar-refractivity contribution in [3.8, 4) is 0 Å². The molecule has 1 aliphatic rings. The van der Waals surface area contributed by atoms with Gasteiger partial charge in [0.15, 0.2) is 0 Å². The minimum atomic E-state index is -3.78. The van der Waals surface area contributed by atoms with Gasteiger partial charge >= 0.3 is 0 Å². The van der Waals surface area contributed by atoms with Crippen LogP contribution in [0.25, 0.3) is 21.1 Å². The van der Waals surface area contributed by atoms with E-state index in [0.29, 0.717) is 39.8 Å². The van der Waals surface area contributed by atoms with Crippen LogP contribution < -0.4 is 5.73 Å². The minimum absolute atomic E-state index is 0.0802. The van der Waals surface area contributed by atoms with Crippen molar-refractivity contribution in [1.29, 1.82) is 0 Å². The van der Waals surface area contributed by atoms with Gasteiger partial charge in [-0.2, -0.15) is 4.31 Å². The Bertz CT molecular complexity index is 1570. The molecule has 2 aromatic carbocycles. The molecular formula is C25H24ClN5O3S2. The number of fused-ring (bicyclic) bond motifs is 2. The zero-order chi connectivity index (χ0) is 25.4. The van der Waals surface area contributed by atoms with Crippen molar-refractivity contribution in [3.63, 3.8) is 0 Å². The Hall–Kier alpha value is -2.89. The van der Waals surface area contributed by atoms with Crippen LogP contribution in [0.5, 0.6) is 0 Å². The van der Waals surface area contributed by atoms with Crippen molar-refractivity contribution in [3.05, 3.63) is 76.8 Å². The predicted molar refractivity (Wildman–Crippen MR) is 144 cm³/mol. The number of halogens is 1. The van der Waals surface area contributed by atoms with Gasteiger partial charge in [-0.1, -0.05) is 29.8 Å². The minimum Gasteiger partial charge on any atom is -0.382 e. The molecule has 2 aromatic heterocycles. The number of benzene rings is 2. The van der Waals surface area contributed by atoms with Gasteiger partial charge in [0.1, 0.15) is 17.4 Å². The number of nitrogens with zero attached hydrogens (tertiary/aromatic N) is 4. The topological polar surface area (TPSA) is 109 Å². The summed E-state index contributed by atoms with van der Waals surface area (Å²) in [6.07, 6.45) is 3.77. The van der Waals surface area contributed by atoms with Crippen LogP contribution in [-0.2, 0) is 21.4 Å². The number of rotatable bonds is 7. The number of aldehydes is 1. The van der Waals surface area contributed by atoms with Gasteiger partial charge in [-0.3, -0.25) is 9.88 Å².